The number of nitrogens with zero attached hydrogens (tertiary/aromatic N) is 1. The Hall–Kier alpha value is -0.900. The minimum atomic E-state index is -0.104. The molecule has 0 aromatic rings. The van der Waals surface area contributed by atoms with Gasteiger partial charge in [-0.1, -0.05) is 0 Å². The fraction of sp³-hybridized carbons (Fsp3) is 0.846. The number of fused-ring (bicyclic) bond motifs is 2. The van der Waals surface area contributed by atoms with E-state index in [0.29, 0.717) is 30.9 Å². The van der Waals surface area contributed by atoms with Crippen LogP contribution in [0.15, 0.2) is 0 Å². The lowest BCUT2D eigenvalue weighted by Gasteiger charge is -2.33. The number of hydrogen-bond donors (Lipinski definition) is 0. The minimum absolute atomic E-state index is 0.104. The van der Waals surface area contributed by atoms with E-state index in [0.717, 1.165) is 38.6 Å². The maximum atomic E-state index is 11.4. The highest BCUT2D eigenvalue weighted by Crippen LogP contribution is 2.33. The standard InChI is InChI=1S/C13H21NO3/c1-2-17-13(16)4-3-7-14-10-5-6-11(14)9-12(15)8-10/h10-11H,2-9H2,1H3. The quantitative estimate of drug-likeness (QED) is 0.682. The number of esters is 1. The molecule has 0 radical (unpaired) electrons. The molecule has 0 aromatic carbocycles. The first-order valence-corrected chi connectivity index (χ1v) is 6.63. The fourth-order valence-corrected chi connectivity index (χ4v) is 3.07. The fourth-order valence-electron chi connectivity index (χ4n) is 3.07. The first kappa shape index (κ1) is 12.6. The monoisotopic (exact) mass is 239 g/mol. The molecule has 2 aliphatic rings. The smallest absolute Gasteiger partial charge is 0.305 e. The summed E-state index contributed by atoms with van der Waals surface area (Å²) in [5.74, 6) is 0.312. The predicted octanol–water partition coefficient (Wildman–Crippen LogP) is 1.53. The third kappa shape index (κ3) is 3.06. The number of carbonyl (C=O) groups excluding carboxylic acids is 2. The molecule has 2 fully saturated rings. The van der Waals surface area contributed by atoms with Gasteiger partial charge in [0.15, 0.2) is 0 Å². The Kier molecular flexibility index (Phi) is 4.15. The molecule has 0 N–H and O–H groups in total. The van der Waals surface area contributed by atoms with Gasteiger partial charge in [0.2, 0.25) is 0 Å². The van der Waals surface area contributed by atoms with Crippen LogP contribution in [-0.4, -0.2) is 41.9 Å². The molecule has 0 aliphatic carbocycles. The molecular formula is C13H21NO3. The molecule has 0 amide bonds. The summed E-state index contributed by atoms with van der Waals surface area (Å²) in [6.45, 7) is 3.22. The summed E-state index contributed by atoms with van der Waals surface area (Å²) in [5.41, 5.74) is 0. The van der Waals surface area contributed by atoms with Crippen molar-refractivity contribution < 1.29 is 14.3 Å². The Morgan fingerprint density at radius 2 is 2.00 bits per heavy atom. The first-order chi connectivity index (χ1) is 8.20. The summed E-state index contributed by atoms with van der Waals surface area (Å²) in [6.07, 6.45) is 5.08. The summed E-state index contributed by atoms with van der Waals surface area (Å²) < 4.78 is 4.91. The van der Waals surface area contributed by atoms with Crippen LogP contribution >= 0.6 is 0 Å². The highest BCUT2D eigenvalue weighted by Gasteiger charge is 2.39. The average molecular weight is 239 g/mol. The molecule has 2 heterocycles. The van der Waals surface area contributed by atoms with Crippen LogP contribution in [0.25, 0.3) is 0 Å². The van der Waals surface area contributed by atoms with Gasteiger partial charge in [-0.2, -0.15) is 0 Å². The number of rotatable bonds is 5. The van der Waals surface area contributed by atoms with Crippen molar-refractivity contribution in [2.45, 2.75) is 57.5 Å². The molecule has 0 saturated carbocycles. The molecule has 2 bridgehead atoms. The SMILES string of the molecule is CCOC(=O)CCCN1C2CCC1CC(=O)C2. The Labute approximate surface area is 102 Å². The van der Waals surface area contributed by atoms with Gasteiger partial charge in [0.25, 0.3) is 0 Å². The summed E-state index contributed by atoms with van der Waals surface area (Å²) in [4.78, 5) is 25.1. The molecule has 0 aromatic heterocycles. The minimum Gasteiger partial charge on any atom is -0.466 e. The highest BCUT2D eigenvalue weighted by molar-refractivity contribution is 5.81. The van der Waals surface area contributed by atoms with Crippen LogP contribution in [0.1, 0.15) is 45.4 Å². The van der Waals surface area contributed by atoms with E-state index in [1.54, 1.807) is 0 Å². The van der Waals surface area contributed by atoms with Crippen molar-refractivity contribution in [2.75, 3.05) is 13.2 Å². The van der Waals surface area contributed by atoms with E-state index in [1.165, 1.54) is 0 Å². The topological polar surface area (TPSA) is 46.6 Å². The van der Waals surface area contributed by atoms with Crippen LogP contribution in [0.5, 0.6) is 0 Å². The Balaban J connectivity index is 1.73. The first-order valence-electron chi connectivity index (χ1n) is 6.63. The molecule has 2 atom stereocenters. The van der Waals surface area contributed by atoms with Gasteiger partial charge in [-0.05, 0) is 32.7 Å². The van der Waals surface area contributed by atoms with Gasteiger partial charge in [-0.25, -0.2) is 0 Å². The van der Waals surface area contributed by atoms with Crippen LogP contribution in [0.2, 0.25) is 0 Å². The number of piperidine rings is 1. The Morgan fingerprint density at radius 3 is 2.59 bits per heavy atom. The molecule has 0 spiro atoms. The predicted molar refractivity (Wildman–Crippen MR) is 63.6 cm³/mol. The lowest BCUT2D eigenvalue weighted by molar-refractivity contribution is -0.143. The van der Waals surface area contributed by atoms with E-state index in [4.69, 9.17) is 4.74 Å². The number of ether oxygens (including phenoxy) is 1. The van der Waals surface area contributed by atoms with E-state index < -0.39 is 0 Å². The average Bonchev–Trinajstić information content (AvgIpc) is 2.53. The molecule has 4 nitrogen and oxygen atoms in total. The van der Waals surface area contributed by atoms with Gasteiger partial charge in [0.1, 0.15) is 5.78 Å². The third-order valence-electron chi connectivity index (χ3n) is 3.80. The third-order valence-corrected chi connectivity index (χ3v) is 3.80. The van der Waals surface area contributed by atoms with Crippen molar-refractivity contribution in [3.63, 3.8) is 0 Å². The van der Waals surface area contributed by atoms with E-state index in [-0.39, 0.29) is 5.97 Å². The summed E-state index contributed by atoms with van der Waals surface area (Å²) in [7, 11) is 0. The molecule has 2 saturated heterocycles. The van der Waals surface area contributed by atoms with Crippen LogP contribution in [0, 0.1) is 0 Å². The van der Waals surface area contributed by atoms with E-state index in [2.05, 4.69) is 4.90 Å². The van der Waals surface area contributed by atoms with Gasteiger partial charge < -0.3 is 4.74 Å². The van der Waals surface area contributed by atoms with Crippen LogP contribution < -0.4 is 0 Å². The number of ketones is 1. The molecule has 17 heavy (non-hydrogen) atoms. The van der Waals surface area contributed by atoms with Crippen molar-refractivity contribution >= 4 is 11.8 Å². The van der Waals surface area contributed by atoms with Gasteiger partial charge in [0, 0.05) is 31.3 Å². The zero-order valence-electron chi connectivity index (χ0n) is 10.5. The molecular weight excluding hydrogens is 218 g/mol. The van der Waals surface area contributed by atoms with Gasteiger partial charge in [-0.15, -0.1) is 0 Å². The molecule has 2 rings (SSSR count). The second kappa shape index (κ2) is 5.63. The van der Waals surface area contributed by atoms with Crippen molar-refractivity contribution in [1.82, 2.24) is 4.90 Å². The maximum Gasteiger partial charge on any atom is 0.305 e. The Bertz CT molecular complexity index is 287. The number of Topliss-reactive ketones (excluding diaryl/α,β-unsaturated/α-hetero) is 1. The lowest BCUT2D eigenvalue weighted by atomic mass is 10.0. The van der Waals surface area contributed by atoms with Gasteiger partial charge in [0.05, 0.1) is 6.61 Å². The lowest BCUT2D eigenvalue weighted by Crippen LogP contribution is -2.43. The molecule has 2 aliphatic heterocycles. The van der Waals surface area contributed by atoms with Crippen LogP contribution in [0.3, 0.4) is 0 Å². The van der Waals surface area contributed by atoms with Crippen molar-refractivity contribution in [3.05, 3.63) is 0 Å². The summed E-state index contributed by atoms with van der Waals surface area (Å²) >= 11 is 0. The second-order valence-electron chi connectivity index (χ2n) is 4.98. The van der Waals surface area contributed by atoms with Crippen molar-refractivity contribution in [2.24, 2.45) is 0 Å². The zero-order chi connectivity index (χ0) is 12.3. The number of hydrogen-bond acceptors (Lipinski definition) is 4. The number of carbonyl (C=O) groups is 2. The van der Waals surface area contributed by atoms with Crippen molar-refractivity contribution in [1.29, 1.82) is 0 Å². The zero-order valence-corrected chi connectivity index (χ0v) is 10.5. The summed E-state index contributed by atoms with van der Waals surface area (Å²) in [6, 6.07) is 0.895. The summed E-state index contributed by atoms with van der Waals surface area (Å²) in [5, 5.41) is 0. The molecule has 4 heteroatoms. The van der Waals surface area contributed by atoms with Gasteiger partial charge >= 0.3 is 5.97 Å². The molecule has 2 unspecified atom stereocenters. The van der Waals surface area contributed by atoms with Crippen LogP contribution in [0.4, 0.5) is 0 Å². The normalized spacial score (nSPS) is 28.4. The Morgan fingerprint density at radius 1 is 1.35 bits per heavy atom. The van der Waals surface area contributed by atoms with Crippen LogP contribution in [-0.2, 0) is 14.3 Å². The van der Waals surface area contributed by atoms with E-state index in [9.17, 15) is 9.59 Å². The van der Waals surface area contributed by atoms with E-state index >= 15 is 0 Å². The molecule has 96 valence electrons. The van der Waals surface area contributed by atoms with Crippen molar-refractivity contribution in [3.8, 4) is 0 Å². The largest absolute Gasteiger partial charge is 0.466 e. The maximum absolute atomic E-state index is 11.4. The second-order valence-corrected chi connectivity index (χ2v) is 4.98. The van der Waals surface area contributed by atoms with E-state index in [1.807, 2.05) is 6.92 Å². The van der Waals surface area contributed by atoms with Gasteiger partial charge in [-0.3, -0.25) is 14.5 Å². The highest BCUT2D eigenvalue weighted by atomic mass is 16.5.